The van der Waals surface area contributed by atoms with Crippen molar-refractivity contribution in [2.45, 2.75) is 20.4 Å². The number of hydrogen-bond acceptors (Lipinski definition) is 7. The zero-order valence-corrected chi connectivity index (χ0v) is 23.8. The third-order valence-corrected chi connectivity index (χ3v) is 7.14. The van der Waals surface area contributed by atoms with E-state index in [2.05, 4.69) is 25.5 Å². The molecule has 0 spiro atoms. The summed E-state index contributed by atoms with van der Waals surface area (Å²) in [5.74, 6) is 0.0468. The van der Waals surface area contributed by atoms with E-state index >= 15 is 0 Å². The molecule has 0 aliphatic carbocycles. The van der Waals surface area contributed by atoms with Crippen molar-refractivity contribution in [2.24, 2.45) is 0 Å². The van der Waals surface area contributed by atoms with Crippen LogP contribution in [0.25, 0.3) is 32.6 Å². The fourth-order valence-electron chi connectivity index (χ4n) is 4.18. The van der Waals surface area contributed by atoms with Gasteiger partial charge in [-0.2, -0.15) is 0 Å². The van der Waals surface area contributed by atoms with Gasteiger partial charge < -0.3 is 19.7 Å². The largest absolute Gasteiger partial charge is 0.345 e. The second-order valence-electron chi connectivity index (χ2n) is 9.69. The van der Waals surface area contributed by atoms with Crippen LogP contribution in [0, 0.1) is 6.92 Å². The van der Waals surface area contributed by atoms with Crippen molar-refractivity contribution in [1.82, 2.24) is 29.7 Å². The van der Waals surface area contributed by atoms with Gasteiger partial charge in [-0.3, -0.25) is 14.9 Å². The summed E-state index contributed by atoms with van der Waals surface area (Å²) in [7, 11) is 7.23. The van der Waals surface area contributed by atoms with E-state index in [9.17, 15) is 14.4 Å². The van der Waals surface area contributed by atoms with Crippen LogP contribution in [0.1, 0.15) is 23.0 Å². The Morgan fingerprint density at radius 1 is 1.10 bits per heavy atom. The Morgan fingerprint density at radius 2 is 1.87 bits per heavy atom. The highest BCUT2D eigenvalue weighted by Gasteiger charge is 2.19. The van der Waals surface area contributed by atoms with Crippen LogP contribution in [-0.2, 0) is 6.54 Å². The normalized spacial score (nSPS) is 11.2. The molecule has 11 heteroatoms. The zero-order valence-electron chi connectivity index (χ0n) is 23.0. The third-order valence-electron chi connectivity index (χ3n) is 6.15. The Balaban J connectivity index is 1.90. The molecular weight excluding hydrogens is 514 g/mol. The van der Waals surface area contributed by atoms with Crippen LogP contribution in [-0.4, -0.2) is 77.6 Å². The number of likely N-dealkylation sites (N-methyl/N-ethyl adjacent to an activating group) is 1. The Hall–Kier alpha value is -4.09. The van der Waals surface area contributed by atoms with Gasteiger partial charge in [-0.25, -0.2) is 14.8 Å². The number of nitrogens with one attached hydrogen (secondary N) is 2. The van der Waals surface area contributed by atoms with E-state index in [0.29, 0.717) is 24.3 Å². The number of benzene rings is 1. The van der Waals surface area contributed by atoms with E-state index in [1.54, 1.807) is 32.6 Å². The highest BCUT2D eigenvalue weighted by Crippen LogP contribution is 2.36. The highest BCUT2D eigenvalue weighted by molar-refractivity contribution is 7.13. The number of thiazole rings is 1. The predicted molar refractivity (Wildman–Crippen MR) is 157 cm³/mol. The van der Waals surface area contributed by atoms with Crippen molar-refractivity contribution in [2.75, 3.05) is 46.6 Å². The lowest BCUT2D eigenvalue weighted by Gasteiger charge is -2.18. The molecule has 3 heterocycles. The van der Waals surface area contributed by atoms with Crippen molar-refractivity contribution in [3.05, 3.63) is 63.5 Å². The van der Waals surface area contributed by atoms with E-state index in [-0.39, 0.29) is 22.9 Å². The minimum Gasteiger partial charge on any atom is -0.345 e. The van der Waals surface area contributed by atoms with E-state index in [1.165, 1.54) is 16.2 Å². The maximum Gasteiger partial charge on any atom is 0.320 e. The summed E-state index contributed by atoms with van der Waals surface area (Å²) in [6.45, 7) is 5.61. The summed E-state index contributed by atoms with van der Waals surface area (Å²) in [5, 5.41) is 8.63. The van der Waals surface area contributed by atoms with Gasteiger partial charge in [-0.05, 0) is 51.7 Å². The minimum atomic E-state index is -0.346. The molecule has 0 aliphatic rings. The van der Waals surface area contributed by atoms with Gasteiger partial charge >= 0.3 is 6.03 Å². The lowest BCUT2D eigenvalue weighted by molar-refractivity contribution is 0.0825. The minimum absolute atomic E-state index is 0.124. The number of aryl methyl sites for hydroxylation is 1. The first-order valence-corrected chi connectivity index (χ1v) is 13.5. The molecule has 0 saturated carbocycles. The first-order valence-electron chi connectivity index (χ1n) is 12.6. The molecule has 1 aromatic carbocycles. The Morgan fingerprint density at radius 3 is 2.51 bits per heavy atom. The number of urea groups is 1. The predicted octanol–water partition coefficient (Wildman–Crippen LogP) is 3.90. The third kappa shape index (κ3) is 6.15. The molecule has 0 unspecified atom stereocenters. The van der Waals surface area contributed by atoms with Gasteiger partial charge in [0.05, 0.1) is 5.52 Å². The van der Waals surface area contributed by atoms with E-state index in [1.807, 2.05) is 56.1 Å². The van der Waals surface area contributed by atoms with Gasteiger partial charge in [-0.15, -0.1) is 11.3 Å². The van der Waals surface area contributed by atoms with Gasteiger partial charge in [0.2, 0.25) is 5.43 Å². The Bertz CT molecular complexity index is 1590. The summed E-state index contributed by atoms with van der Waals surface area (Å²) in [5.41, 5.74) is 3.73. The molecule has 204 valence electrons. The molecule has 0 atom stereocenters. The SMILES string of the molecule is CCNC(=O)Nc1cc(-c2nc(C)cs2)c(-c2ccc3c(c2)c(=O)c(C(=O)N(C)C)cn3CCN(C)C)cn1. The fourth-order valence-corrected chi connectivity index (χ4v) is 5.01. The first kappa shape index (κ1) is 27.9. The van der Waals surface area contributed by atoms with E-state index < -0.39 is 0 Å². The number of amides is 3. The van der Waals surface area contributed by atoms with Crippen molar-refractivity contribution >= 4 is 40.0 Å². The van der Waals surface area contributed by atoms with Crippen LogP contribution in [0.3, 0.4) is 0 Å². The number of pyridine rings is 2. The van der Waals surface area contributed by atoms with Crippen molar-refractivity contribution < 1.29 is 9.59 Å². The van der Waals surface area contributed by atoms with Crippen molar-refractivity contribution in [1.29, 1.82) is 0 Å². The maximum atomic E-state index is 13.6. The number of aromatic nitrogens is 3. The summed E-state index contributed by atoms with van der Waals surface area (Å²) >= 11 is 1.49. The number of rotatable bonds is 8. The number of nitrogens with zero attached hydrogens (tertiary/aromatic N) is 5. The van der Waals surface area contributed by atoms with Gasteiger partial charge in [0.25, 0.3) is 5.91 Å². The monoisotopic (exact) mass is 547 g/mol. The van der Waals surface area contributed by atoms with Crippen LogP contribution >= 0.6 is 11.3 Å². The molecule has 39 heavy (non-hydrogen) atoms. The smallest absolute Gasteiger partial charge is 0.320 e. The topological polar surface area (TPSA) is 112 Å². The molecule has 0 bridgehead atoms. The number of fused-ring (bicyclic) bond motifs is 1. The lowest BCUT2D eigenvalue weighted by atomic mass is 9.99. The highest BCUT2D eigenvalue weighted by atomic mass is 32.1. The average Bonchev–Trinajstić information content (AvgIpc) is 3.33. The lowest BCUT2D eigenvalue weighted by Crippen LogP contribution is -2.29. The Kier molecular flexibility index (Phi) is 8.41. The van der Waals surface area contributed by atoms with Crippen LogP contribution < -0.4 is 16.1 Å². The summed E-state index contributed by atoms with van der Waals surface area (Å²) in [4.78, 5) is 51.2. The quantitative estimate of drug-likeness (QED) is 0.346. The summed E-state index contributed by atoms with van der Waals surface area (Å²) in [6, 6.07) is 7.10. The molecule has 3 amide bonds. The summed E-state index contributed by atoms with van der Waals surface area (Å²) in [6.07, 6.45) is 3.33. The number of hydrogen-bond donors (Lipinski definition) is 2. The second kappa shape index (κ2) is 11.7. The van der Waals surface area contributed by atoms with Crippen LogP contribution in [0.5, 0.6) is 0 Å². The molecule has 10 nitrogen and oxygen atoms in total. The summed E-state index contributed by atoms with van der Waals surface area (Å²) < 4.78 is 1.96. The molecule has 0 radical (unpaired) electrons. The average molecular weight is 548 g/mol. The maximum absolute atomic E-state index is 13.6. The van der Waals surface area contributed by atoms with Crippen LogP contribution in [0.2, 0.25) is 0 Å². The fraction of sp³-hybridized carbons (Fsp3) is 0.321. The number of carbonyl (C=O) groups is 2. The molecule has 0 saturated heterocycles. The number of anilines is 1. The Labute approximate surface area is 231 Å². The van der Waals surface area contributed by atoms with Gasteiger partial charge in [0.1, 0.15) is 16.4 Å². The van der Waals surface area contributed by atoms with E-state index in [4.69, 9.17) is 0 Å². The zero-order chi connectivity index (χ0) is 28.3. The molecule has 4 aromatic rings. The molecule has 2 N–H and O–H groups in total. The first-order chi connectivity index (χ1) is 18.6. The van der Waals surface area contributed by atoms with Crippen molar-refractivity contribution in [3.8, 4) is 21.7 Å². The molecule has 0 aliphatic heterocycles. The molecule has 3 aromatic heterocycles. The van der Waals surface area contributed by atoms with Crippen LogP contribution in [0.4, 0.5) is 10.6 Å². The van der Waals surface area contributed by atoms with E-state index in [0.717, 1.165) is 39.5 Å². The molecule has 0 fully saturated rings. The molecular formula is C28H33N7O3S. The van der Waals surface area contributed by atoms with Crippen molar-refractivity contribution in [3.63, 3.8) is 0 Å². The van der Waals surface area contributed by atoms with Gasteiger partial charge in [-0.1, -0.05) is 6.07 Å². The van der Waals surface area contributed by atoms with Gasteiger partial charge in [0.15, 0.2) is 0 Å². The van der Waals surface area contributed by atoms with Gasteiger partial charge in [0, 0.05) is 73.7 Å². The van der Waals surface area contributed by atoms with Crippen LogP contribution in [0.15, 0.2) is 46.8 Å². The second-order valence-corrected chi connectivity index (χ2v) is 10.6. The molecule has 4 rings (SSSR count). The standard InChI is InChI=1S/C28H33N7O3S/c1-7-29-28(38)32-24-13-19(26-31-17(2)16-39-26)21(14-30-24)18-8-9-23-20(12-18)25(36)22(27(37)34(5)6)15-35(23)11-10-33(3)4/h8-9,12-16H,7,10-11H2,1-6H3,(H2,29,30,32,38). The number of carbonyl (C=O) groups excluding carboxylic acids is 2.